The number of ketones is 1. The molecule has 4 nitrogen and oxygen atoms in total. The molecule has 5 heteroatoms. The molecule has 1 saturated heterocycles. The number of halogens is 1. The maximum absolute atomic E-state index is 13.5. The van der Waals surface area contributed by atoms with Crippen LogP contribution in [0.15, 0.2) is 24.3 Å². The van der Waals surface area contributed by atoms with Crippen molar-refractivity contribution >= 4 is 11.7 Å². The Balaban J connectivity index is 1.96. The Kier molecular flexibility index (Phi) is 4.27. The van der Waals surface area contributed by atoms with Gasteiger partial charge in [0.05, 0.1) is 12.1 Å². The number of benzene rings is 1. The van der Waals surface area contributed by atoms with Gasteiger partial charge >= 0.3 is 0 Å². The number of Topliss-reactive ketones (excluding diaryl/α,β-unsaturated/α-hetero) is 1. The van der Waals surface area contributed by atoms with E-state index >= 15 is 0 Å². The molecular formula is C14H17FN2O2. The van der Waals surface area contributed by atoms with Gasteiger partial charge < -0.3 is 4.90 Å². The molecule has 1 heterocycles. The third-order valence-electron chi connectivity index (χ3n) is 3.21. The lowest BCUT2D eigenvalue weighted by Crippen LogP contribution is -2.49. The molecule has 1 amide bonds. The third-order valence-corrected chi connectivity index (χ3v) is 3.21. The van der Waals surface area contributed by atoms with E-state index in [1.54, 1.807) is 24.0 Å². The van der Waals surface area contributed by atoms with Crippen LogP contribution in [0.5, 0.6) is 0 Å². The number of piperazine rings is 1. The molecule has 1 aliphatic heterocycles. The first kappa shape index (κ1) is 13.7. The van der Waals surface area contributed by atoms with Gasteiger partial charge in [0.15, 0.2) is 0 Å². The number of rotatable bonds is 3. The first-order chi connectivity index (χ1) is 9.08. The normalized spacial score (nSPS) is 16.4. The maximum atomic E-state index is 13.5. The molecule has 0 N–H and O–H groups in total. The predicted molar refractivity (Wildman–Crippen MR) is 69.4 cm³/mol. The fourth-order valence-electron chi connectivity index (χ4n) is 2.23. The van der Waals surface area contributed by atoms with Gasteiger partial charge in [-0.05, 0) is 19.1 Å². The van der Waals surface area contributed by atoms with Crippen LogP contribution in [0.2, 0.25) is 0 Å². The highest BCUT2D eigenvalue weighted by atomic mass is 19.1. The van der Waals surface area contributed by atoms with Crippen molar-refractivity contribution in [2.45, 2.75) is 6.92 Å². The van der Waals surface area contributed by atoms with Gasteiger partial charge in [-0.25, -0.2) is 4.39 Å². The number of hydrogen-bond acceptors (Lipinski definition) is 3. The zero-order chi connectivity index (χ0) is 13.8. The molecule has 1 aromatic rings. The van der Waals surface area contributed by atoms with Gasteiger partial charge in [0.25, 0.3) is 5.91 Å². The number of carbonyl (C=O) groups is 2. The van der Waals surface area contributed by atoms with Crippen molar-refractivity contribution in [2.24, 2.45) is 0 Å². The largest absolute Gasteiger partial charge is 0.336 e. The smallest absolute Gasteiger partial charge is 0.256 e. The van der Waals surface area contributed by atoms with Crippen molar-refractivity contribution in [3.63, 3.8) is 0 Å². The molecule has 0 bridgehead atoms. The first-order valence-corrected chi connectivity index (χ1v) is 6.33. The molecular weight excluding hydrogens is 247 g/mol. The lowest BCUT2D eigenvalue weighted by atomic mass is 10.1. The van der Waals surface area contributed by atoms with E-state index in [4.69, 9.17) is 0 Å². The second-order valence-electron chi connectivity index (χ2n) is 4.75. The fraction of sp³-hybridized carbons (Fsp3) is 0.429. The fourth-order valence-corrected chi connectivity index (χ4v) is 2.23. The van der Waals surface area contributed by atoms with Crippen molar-refractivity contribution < 1.29 is 14.0 Å². The van der Waals surface area contributed by atoms with E-state index in [9.17, 15) is 14.0 Å². The quantitative estimate of drug-likeness (QED) is 0.823. The summed E-state index contributed by atoms with van der Waals surface area (Å²) in [6, 6.07) is 6.01. The van der Waals surface area contributed by atoms with E-state index in [1.807, 2.05) is 4.90 Å². The summed E-state index contributed by atoms with van der Waals surface area (Å²) in [5.41, 5.74) is 0.113. The van der Waals surface area contributed by atoms with Crippen LogP contribution in [-0.4, -0.2) is 54.2 Å². The minimum Gasteiger partial charge on any atom is -0.336 e. The molecule has 1 aromatic carbocycles. The second-order valence-corrected chi connectivity index (χ2v) is 4.75. The van der Waals surface area contributed by atoms with Gasteiger partial charge in [-0.2, -0.15) is 0 Å². The van der Waals surface area contributed by atoms with Crippen LogP contribution in [0.1, 0.15) is 17.3 Å². The minimum atomic E-state index is -0.487. The van der Waals surface area contributed by atoms with Crippen LogP contribution >= 0.6 is 0 Å². The molecule has 1 aliphatic rings. The highest BCUT2D eigenvalue weighted by molar-refractivity contribution is 5.94. The molecule has 0 aliphatic carbocycles. The van der Waals surface area contributed by atoms with E-state index in [1.165, 1.54) is 12.1 Å². The monoisotopic (exact) mass is 264 g/mol. The van der Waals surface area contributed by atoms with Gasteiger partial charge in [0, 0.05) is 26.2 Å². The van der Waals surface area contributed by atoms with Gasteiger partial charge in [-0.15, -0.1) is 0 Å². The van der Waals surface area contributed by atoms with Gasteiger partial charge in [0.1, 0.15) is 11.6 Å². The maximum Gasteiger partial charge on any atom is 0.256 e. The number of hydrogen-bond donors (Lipinski definition) is 0. The highest BCUT2D eigenvalue weighted by Crippen LogP contribution is 2.12. The summed E-state index contributed by atoms with van der Waals surface area (Å²) in [7, 11) is 0. The lowest BCUT2D eigenvalue weighted by Gasteiger charge is -2.34. The van der Waals surface area contributed by atoms with Crippen LogP contribution in [0.25, 0.3) is 0 Å². The molecule has 19 heavy (non-hydrogen) atoms. The summed E-state index contributed by atoms with van der Waals surface area (Å²) in [6.07, 6.45) is 0. The number of amides is 1. The summed E-state index contributed by atoms with van der Waals surface area (Å²) >= 11 is 0. The first-order valence-electron chi connectivity index (χ1n) is 6.33. The molecule has 1 fully saturated rings. The molecule has 0 spiro atoms. The van der Waals surface area contributed by atoms with E-state index < -0.39 is 5.82 Å². The molecule has 0 aromatic heterocycles. The summed E-state index contributed by atoms with van der Waals surface area (Å²) in [6.45, 7) is 4.33. The topological polar surface area (TPSA) is 40.6 Å². The average molecular weight is 264 g/mol. The molecule has 102 valence electrons. The standard InChI is InChI=1S/C14H17FN2O2/c1-11(18)10-16-6-8-17(9-7-16)14(19)12-4-2-3-5-13(12)15/h2-5H,6-10H2,1H3. The van der Waals surface area contributed by atoms with Crippen LogP contribution in [0.3, 0.4) is 0 Å². The molecule has 0 unspecified atom stereocenters. The minimum absolute atomic E-state index is 0.113. The van der Waals surface area contributed by atoms with Crippen molar-refractivity contribution in [3.05, 3.63) is 35.6 Å². The summed E-state index contributed by atoms with van der Waals surface area (Å²) in [5.74, 6) is -0.645. The average Bonchev–Trinajstić information content (AvgIpc) is 2.39. The van der Waals surface area contributed by atoms with E-state index in [0.29, 0.717) is 32.7 Å². The zero-order valence-corrected chi connectivity index (χ0v) is 10.9. The van der Waals surface area contributed by atoms with Crippen molar-refractivity contribution in [2.75, 3.05) is 32.7 Å². The third kappa shape index (κ3) is 3.38. The van der Waals surface area contributed by atoms with E-state index in [2.05, 4.69) is 0 Å². The Hall–Kier alpha value is -1.75. The van der Waals surface area contributed by atoms with Crippen molar-refractivity contribution in [3.8, 4) is 0 Å². The van der Waals surface area contributed by atoms with Gasteiger partial charge in [-0.1, -0.05) is 12.1 Å². The second kappa shape index (κ2) is 5.93. The summed E-state index contributed by atoms with van der Waals surface area (Å²) in [4.78, 5) is 26.8. The number of carbonyl (C=O) groups excluding carboxylic acids is 2. The Bertz CT molecular complexity index is 482. The molecule has 0 saturated carbocycles. The zero-order valence-electron chi connectivity index (χ0n) is 10.9. The van der Waals surface area contributed by atoms with Crippen LogP contribution in [0, 0.1) is 5.82 Å². The summed E-state index contributed by atoms with van der Waals surface area (Å²) < 4.78 is 13.5. The SMILES string of the molecule is CC(=O)CN1CCN(C(=O)c2ccccc2F)CC1. The van der Waals surface area contributed by atoms with Crippen molar-refractivity contribution in [1.82, 2.24) is 9.80 Å². The Morgan fingerprint density at radius 1 is 1.16 bits per heavy atom. The van der Waals surface area contributed by atoms with Crippen molar-refractivity contribution in [1.29, 1.82) is 0 Å². The van der Waals surface area contributed by atoms with E-state index in [-0.39, 0.29) is 17.3 Å². The van der Waals surface area contributed by atoms with Crippen LogP contribution < -0.4 is 0 Å². The Morgan fingerprint density at radius 3 is 2.37 bits per heavy atom. The van der Waals surface area contributed by atoms with E-state index in [0.717, 1.165) is 0 Å². The number of nitrogens with zero attached hydrogens (tertiary/aromatic N) is 2. The molecule has 0 atom stereocenters. The van der Waals surface area contributed by atoms with Crippen LogP contribution in [0.4, 0.5) is 4.39 Å². The summed E-state index contributed by atoms with van der Waals surface area (Å²) in [5, 5.41) is 0. The van der Waals surface area contributed by atoms with Gasteiger partial charge in [-0.3, -0.25) is 14.5 Å². The Labute approximate surface area is 111 Å². The van der Waals surface area contributed by atoms with Gasteiger partial charge in [0.2, 0.25) is 0 Å². The molecule has 0 radical (unpaired) electrons. The molecule has 2 rings (SSSR count). The lowest BCUT2D eigenvalue weighted by molar-refractivity contribution is -0.118. The predicted octanol–water partition coefficient (Wildman–Crippen LogP) is 1.17. The van der Waals surface area contributed by atoms with Crippen LogP contribution in [-0.2, 0) is 4.79 Å². The highest BCUT2D eigenvalue weighted by Gasteiger charge is 2.24. The Morgan fingerprint density at radius 2 is 1.79 bits per heavy atom.